The van der Waals surface area contributed by atoms with E-state index in [4.69, 9.17) is 14.2 Å². The Morgan fingerprint density at radius 2 is 1.63 bits per heavy atom. The molecule has 1 amide bonds. The number of nitrogens with zero attached hydrogens (tertiary/aromatic N) is 1. The van der Waals surface area contributed by atoms with E-state index in [1.807, 2.05) is 0 Å². The molecule has 0 aliphatic heterocycles. The van der Waals surface area contributed by atoms with E-state index in [0.717, 1.165) is 0 Å². The van der Waals surface area contributed by atoms with E-state index in [0.29, 0.717) is 58.7 Å². The van der Waals surface area contributed by atoms with Crippen LogP contribution in [-0.4, -0.2) is 44.4 Å². The maximum Gasteiger partial charge on any atom is 0.393 e. The van der Waals surface area contributed by atoms with Crippen molar-refractivity contribution in [2.45, 2.75) is 37.9 Å². The van der Waals surface area contributed by atoms with Gasteiger partial charge in [0.1, 0.15) is 0 Å². The minimum absolute atomic E-state index is 0.0161. The smallest absolute Gasteiger partial charge is 0.393 e. The summed E-state index contributed by atoms with van der Waals surface area (Å²) < 4.78 is 57.0. The Balaban J connectivity index is 1.78. The van der Waals surface area contributed by atoms with Crippen molar-refractivity contribution < 1.29 is 32.2 Å². The number of rotatable bonds is 6. The third-order valence-corrected chi connectivity index (χ3v) is 6.42. The highest BCUT2D eigenvalue weighted by atomic mass is 19.4. The lowest BCUT2D eigenvalue weighted by molar-refractivity contribution is -0.187. The van der Waals surface area contributed by atoms with E-state index in [1.165, 1.54) is 21.3 Å². The Hall–Kier alpha value is -3.49. The molecule has 35 heavy (non-hydrogen) atoms. The summed E-state index contributed by atoms with van der Waals surface area (Å²) >= 11 is 0. The summed E-state index contributed by atoms with van der Waals surface area (Å²) in [4.78, 5) is 18.0. The Morgan fingerprint density at radius 3 is 2.26 bits per heavy atom. The molecule has 1 aliphatic rings. The molecule has 0 spiro atoms. The zero-order valence-electron chi connectivity index (χ0n) is 19.7. The van der Waals surface area contributed by atoms with Gasteiger partial charge in [-0.3, -0.25) is 4.79 Å². The predicted octanol–water partition coefficient (Wildman–Crippen LogP) is 5.78. The van der Waals surface area contributed by atoms with E-state index in [-0.39, 0.29) is 12.0 Å². The largest absolute Gasteiger partial charge is 0.493 e. The molecule has 1 saturated carbocycles. The molecule has 1 N–H and O–H groups in total. The Bertz CT molecular complexity index is 1200. The highest BCUT2D eigenvalue weighted by molar-refractivity contribution is 6.07. The monoisotopic (exact) mass is 488 g/mol. The van der Waals surface area contributed by atoms with Gasteiger partial charge < -0.3 is 19.5 Å². The van der Waals surface area contributed by atoms with Gasteiger partial charge in [0.2, 0.25) is 5.75 Å². The molecule has 3 aromatic rings. The quantitative estimate of drug-likeness (QED) is 0.477. The van der Waals surface area contributed by atoms with Gasteiger partial charge in [-0.2, -0.15) is 13.2 Å². The number of fused-ring (bicyclic) bond motifs is 1. The zero-order chi connectivity index (χ0) is 25.2. The minimum Gasteiger partial charge on any atom is -0.493 e. The molecular formula is C26H27F3N2O4. The van der Waals surface area contributed by atoms with Gasteiger partial charge in [-0.15, -0.1) is 0 Å². The molecule has 9 heteroatoms. The number of carbonyl (C=O) groups is 1. The van der Waals surface area contributed by atoms with Crippen molar-refractivity contribution >= 4 is 16.8 Å². The van der Waals surface area contributed by atoms with Gasteiger partial charge in [0.05, 0.1) is 44.0 Å². The molecule has 0 radical (unpaired) electrons. The molecule has 2 unspecified atom stereocenters. The van der Waals surface area contributed by atoms with Crippen LogP contribution in [0.15, 0.2) is 42.5 Å². The summed E-state index contributed by atoms with van der Waals surface area (Å²) in [5, 5.41) is 3.23. The maximum absolute atomic E-state index is 13.6. The van der Waals surface area contributed by atoms with Crippen LogP contribution in [0, 0.1) is 5.92 Å². The number of hydrogen-bond donors (Lipinski definition) is 1. The summed E-state index contributed by atoms with van der Waals surface area (Å²) in [5.74, 6) is -0.870. The fourth-order valence-corrected chi connectivity index (χ4v) is 4.68. The van der Waals surface area contributed by atoms with Crippen LogP contribution >= 0.6 is 0 Å². The second-order valence-electron chi connectivity index (χ2n) is 8.50. The van der Waals surface area contributed by atoms with Crippen molar-refractivity contribution in [3.8, 4) is 28.5 Å². The minimum atomic E-state index is -4.36. The third kappa shape index (κ3) is 4.99. The van der Waals surface area contributed by atoms with Crippen molar-refractivity contribution in [1.82, 2.24) is 10.3 Å². The van der Waals surface area contributed by atoms with Gasteiger partial charge >= 0.3 is 6.18 Å². The van der Waals surface area contributed by atoms with Crippen LogP contribution in [-0.2, 0) is 0 Å². The van der Waals surface area contributed by atoms with Crippen LogP contribution in [0.5, 0.6) is 17.2 Å². The number of benzene rings is 2. The number of nitrogens with one attached hydrogen (secondary N) is 1. The second kappa shape index (κ2) is 10.0. The van der Waals surface area contributed by atoms with Crippen LogP contribution in [0.25, 0.3) is 22.2 Å². The Labute approximate surface area is 201 Å². The average Bonchev–Trinajstić information content (AvgIpc) is 2.86. The first-order valence-corrected chi connectivity index (χ1v) is 11.3. The van der Waals surface area contributed by atoms with Crippen LogP contribution in [0.2, 0.25) is 0 Å². The van der Waals surface area contributed by atoms with Crippen LogP contribution in [0.3, 0.4) is 0 Å². The molecule has 1 heterocycles. The van der Waals surface area contributed by atoms with Crippen molar-refractivity contribution in [2.75, 3.05) is 21.3 Å². The van der Waals surface area contributed by atoms with Crippen LogP contribution in [0.1, 0.15) is 36.0 Å². The standard InChI is InChI=1S/C26H27F3N2O4/c1-33-22-12-15(13-23(34-2)24(22)35-3)21-14-17(16-8-4-6-10-19(16)30-21)25(32)31-20-11-7-5-9-18(20)26(27,28)29/h4,6,8,10,12-14,18,20H,5,7,9,11H2,1-3H3,(H,31,32). The second-order valence-corrected chi connectivity index (χ2v) is 8.50. The lowest BCUT2D eigenvalue weighted by Gasteiger charge is -2.33. The number of para-hydroxylation sites is 1. The van der Waals surface area contributed by atoms with Crippen LogP contribution in [0.4, 0.5) is 13.2 Å². The first kappa shape index (κ1) is 24.6. The van der Waals surface area contributed by atoms with Crippen molar-refractivity contribution in [3.63, 3.8) is 0 Å². The number of methoxy groups -OCH3 is 3. The van der Waals surface area contributed by atoms with Crippen LogP contribution < -0.4 is 19.5 Å². The zero-order valence-corrected chi connectivity index (χ0v) is 19.7. The summed E-state index contributed by atoms with van der Waals surface area (Å²) in [6, 6.07) is 11.1. The predicted molar refractivity (Wildman–Crippen MR) is 126 cm³/mol. The fraction of sp³-hybridized carbons (Fsp3) is 0.385. The van der Waals surface area contributed by atoms with E-state index >= 15 is 0 Å². The lowest BCUT2D eigenvalue weighted by Crippen LogP contribution is -2.47. The van der Waals surface area contributed by atoms with Crippen molar-refractivity contribution in [2.24, 2.45) is 5.92 Å². The molecule has 2 atom stereocenters. The molecule has 0 bridgehead atoms. The number of amides is 1. The van der Waals surface area contributed by atoms with Gasteiger partial charge in [-0.25, -0.2) is 4.98 Å². The molecule has 1 fully saturated rings. The maximum atomic E-state index is 13.6. The first-order chi connectivity index (χ1) is 16.8. The number of carbonyl (C=O) groups excluding carboxylic acids is 1. The first-order valence-electron chi connectivity index (χ1n) is 11.3. The van der Waals surface area contributed by atoms with E-state index < -0.39 is 24.0 Å². The van der Waals surface area contributed by atoms with E-state index in [2.05, 4.69) is 10.3 Å². The SMILES string of the molecule is COc1cc(-c2cc(C(=O)NC3CCCCC3C(F)(F)F)c3ccccc3n2)cc(OC)c1OC. The van der Waals surface area contributed by atoms with Gasteiger partial charge in [0, 0.05) is 17.0 Å². The van der Waals surface area contributed by atoms with Gasteiger partial charge in [0.25, 0.3) is 5.91 Å². The summed E-state index contributed by atoms with van der Waals surface area (Å²) in [5.41, 5.74) is 1.85. The van der Waals surface area contributed by atoms with Gasteiger partial charge in [0.15, 0.2) is 11.5 Å². The number of halogens is 3. The van der Waals surface area contributed by atoms with E-state index in [9.17, 15) is 18.0 Å². The summed E-state index contributed by atoms with van der Waals surface area (Å²) in [6.07, 6.45) is -2.91. The van der Waals surface area contributed by atoms with Gasteiger partial charge in [-0.1, -0.05) is 31.0 Å². The molecule has 0 saturated heterocycles. The molecule has 2 aromatic carbocycles. The molecule has 1 aromatic heterocycles. The third-order valence-electron chi connectivity index (χ3n) is 6.42. The Kier molecular flexibility index (Phi) is 7.05. The summed E-state index contributed by atoms with van der Waals surface area (Å²) in [6.45, 7) is 0. The Morgan fingerprint density at radius 1 is 0.971 bits per heavy atom. The number of hydrogen-bond acceptors (Lipinski definition) is 5. The van der Waals surface area contributed by atoms with Crippen molar-refractivity contribution in [1.29, 1.82) is 0 Å². The molecule has 4 rings (SSSR count). The average molecular weight is 489 g/mol. The highest BCUT2D eigenvalue weighted by Gasteiger charge is 2.46. The number of pyridine rings is 1. The number of alkyl halides is 3. The topological polar surface area (TPSA) is 69.7 Å². The molecule has 1 aliphatic carbocycles. The van der Waals surface area contributed by atoms with E-state index in [1.54, 1.807) is 42.5 Å². The lowest BCUT2D eigenvalue weighted by atomic mass is 9.84. The number of aromatic nitrogens is 1. The molecular weight excluding hydrogens is 461 g/mol. The number of ether oxygens (including phenoxy) is 3. The molecule has 6 nitrogen and oxygen atoms in total. The normalized spacial score (nSPS) is 18.2. The van der Waals surface area contributed by atoms with Gasteiger partial charge in [-0.05, 0) is 37.1 Å². The molecule has 186 valence electrons. The summed E-state index contributed by atoms with van der Waals surface area (Å²) in [7, 11) is 4.49. The fourth-order valence-electron chi connectivity index (χ4n) is 4.68. The van der Waals surface area contributed by atoms with Crippen molar-refractivity contribution in [3.05, 3.63) is 48.0 Å². The highest BCUT2D eigenvalue weighted by Crippen LogP contribution is 2.42.